The second kappa shape index (κ2) is 5.69. The standard InChI is InChI=1S/C15H19N3O/c1-11-4-5-13(12(2)10-11)6-7-15(19)16-14-8-9-18(3)17-14/h4-5,8-10H,6-7H2,1-3H3,(H,16,17,19). The minimum absolute atomic E-state index is 0.00123. The number of nitrogens with zero attached hydrogens (tertiary/aromatic N) is 2. The maximum atomic E-state index is 11.8. The SMILES string of the molecule is Cc1ccc(CCC(=O)Nc2ccn(C)n2)c(C)c1. The largest absolute Gasteiger partial charge is 0.309 e. The van der Waals surface area contributed by atoms with E-state index in [4.69, 9.17) is 0 Å². The highest BCUT2D eigenvalue weighted by Crippen LogP contribution is 2.13. The molecule has 2 rings (SSSR count). The predicted molar refractivity (Wildman–Crippen MR) is 76.1 cm³/mol. The Balaban J connectivity index is 1.89. The minimum atomic E-state index is -0.00123. The number of carbonyl (C=O) groups is 1. The summed E-state index contributed by atoms with van der Waals surface area (Å²) in [5.41, 5.74) is 3.71. The summed E-state index contributed by atoms with van der Waals surface area (Å²) in [6.07, 6.45) is 3.03. The third kappa shape index (κ3) is 3.68. The fraction of sp³-hybridized carbons (Fsp3) is 0.333. The van der Waals surface area contributed by atoms with Gasteiger partial charge in [0.05, 0.1) is 0 Å². The summed E-state index contributed by atoms with van der Waals surface area (Å²) in [5.74, 6) is 0.604. The lowest BCUT2D eigenvalue weighted by atomic mass is 10.0. The van der Waals surface area contributed by atoms with Crippen molar-refractivity contribution in [3.05, 3.63) is 47.2 Å². The van der Waals surface area contributed by atoms with Crippen LogP contribution in [0.25, 0.3) is 0 Å². The zero-order valence-corrected chi connectivity index (χ0v) is 11.6. The molecular weight excluding hydrogens is 238 g/mol. The predicted octanol–water partition coefficient (Wildman–Crippen LogP) is 2.61. The van der Waals surface area contributed by atoms with Crippen LogP contribution >= 0.6 is 0 Å². The third-order valence-corrected chi connectivity index (χ3v) is 3.10. The van der Waals surface area contributed by atoms with Crippen molar-refractivity contribution in [1.82, 2.24) is 9.78 Å². The molecule has 0 bridgehead atoms. The second-order valence-electron chi connectivity index (χ2n) is 4.85. The summed E-state index contributed by atoms with van der Waals surface area (Å²) >= 11 is 0. The molecule has 1 N–H and O–H groups in total. The number of rotatable bonds is 4. The molecule has 1 aromatic heterocycles. The zero-order chi connectivity index (χ0) is 13.8. The Hall–Kier alpha value is -2.10. The smallest absolute Gasteiger partial charge is 0.225 e. The van der Waals surface area contributed by atoms with Gasteiger partial charge in [-0.05, 0) is 31.4 Å². The number of anilines is 1. The van der Waals surface area contributed by atoms with E-state index in [0.29, 0.717) is 12.2 Å². The maximum absolute atomic E-state index is 11.8. The lowest BCUT2D eigenvalue weighted by Gasteiger charge is -2.06. The number of hydrogen-bond donors (Lipinski definition) is 1. The molecule has 1 aromatic carbocycles. The number of benzene rings is 1. The van der Waals surface area contributed by atoms with E-state index in [9.17, 15) is 4.79 Å². The first-order chi connectivity index (χ1) is 9.04. The van der Waals surface area contributed by atoms with E-state index in [1.807, 2.05) is 7.05 Å². The van der Waals surface area contributed by atoms with Crippen molar-refractivity contribution < 1.29 is 4.79 Å². The van der Waals surface area contributed by atoms with Crippen LogP contribution < -0.4 is 5.32 Å². The van der Waals surface area contributed by atoms with Gasteiger partial charge in [-0.2, -0.15) is 5.10 Å². The van der Waals surface area contributed by atoms with Crippen LogP contribution in [0.1, 0.15) is 23.1 Å². The molecule has 4 heteroatoms. The summed E-state index contributed by atoms with van der Waals surface area (Å²) in [5, 5.41) is 6.91. The Morgan fingerprint density at radius 1 is 1.32 bits per heavy atom. The molecule has 0 unspecified atom stereocenters. The highest BCUT2D eigenvalue weighted by molar-refractivity contribution is 5.89. The molecule has 0 saturated carbocycles. The van der Waals surface area contributed by atoms with Crippen LogP contribution in [-0.4, -0.2) is 15.7 Å². The van der Waals surface area contributed by atoms with Crippen molar-refractivity contribution >= 4 is 11.7 Å². The van der Waals surface area contributed by atoms with E-state index >= 15 is 0 Å². The average molecular weight is 257 g/mol. The van der Waals surface area contributed by atoms with E-state index in [1.165, 1.54) is 16.7 Å². The van der Waals surface area contributed by atoms with Crippen LogP contribution in [0.2, 0.25) is 0 Å². The van der Waals surface area contributed by atoms with Gasteiger partial charge in [0.1, 0.15) is 0 Å². The number of nitrogens with one attached hydrogen (secondary N) is 1. The van der Waals surface area contributed by atoms with Gasteiger partial charge in [-0.3, -0.25) is 9.48 Å². The molecule has 0 saturated heterocycles. The summed E-state index contributed by atoms with van der Waals surface area (Å²) < 4.78 is 1.67. The van der Waals surface area contributed by atoms with Gasteiger partial charge in [0, 0.05) is 25.7 Å². The van der Waals surface area contributed by atoms with Crippen molar-refractivity contribution in [3.63, 3.8) is 0 Å². The molecule has 19 heavy (non-hydrogen) atoms. The number of carbonyl (C=O) groups excluding carboxylic acids is 1. The lowest BCUT2D eigenvalue weighted by Crippen LogP contribution is -2.13. The van der Waals surface area contributed by atoms with Crippen LogP contribution in [0.5, 0.6) is 0 Å². The highest BCUT2D eigenvalue weighted by Gasteiger charge is 2.06. The Labute approximate surface area is 113 Å². The van der Waals surface area contributed by atoms with Crippen molar-refractivity contribution in [1.29, 1.82) is 0 Å². The lowest BCUT2D eigenvalue weighted by molar-refractivity contribution is -0.116. The van der Waals surface area contributed by atoms with Crippen LogP contribution in [0.3, 0.4) is 0 Å². The molecule has 0 spiro atoms. The van der Waals surface area contributed by atoms with Crippen molar-refractivity contribution in [2.24, 2.45) is 7.05 Å². The van der Waals surface area contributed by atoms with E-state index in [0.717, 1.165) is 6.42 Å². The quantitative estimate of drug-likeness (QED) is 0.915. The number of aromatic nitrogens is 2. The van der Waals surface area contributed by atoms with E-state index in [-0.39, 0.29) is 5.91 Å². The van der Waals surface area contributed by atoms with Gasteiger partial charge in [-0.1, -0.05) is 23.8 Å². The Morgan fingerprint density at radius 3 is 2.74 bits per heavy atom. The Bertz CT molecular complexity index is 587. The topological polar surface area (TPSA) is 46.9 Å². The molecule has 100 valence electrons. The first-order valence-electron chi connectivity index (χ1n) is 6.40. The summed E-state index contributed by atoms with van der Waals surface area (Å²) in [4.78, 5) is 11.8. The fourth-order valence-electron chi connectivity index (χ4n) is 2.06. The van der Waals surface area contributed by atoms with Crippen LogP contribution in [0, 0.1) is 13.8 Å². The molecule has 0 fully saturated rings. The average Bonchev–Trinajstić information content (AvgIpc) is 2.73. The molecule has 1 amide bonds. The summed E-state index contributed by atoms with van der Waals surface area (Å²) in [6.45, 7) is 4.16. The summed E-state index contributed by atoms with van der Waals surface area (Å²) in [7, 11) is 1.82. The number of hydrogen-bond acceptors (Lipinski definition) is 2. The zero-order valence-electron chi connectivity index (χ0n) is 11.6. The molecule has 0 radical (unpaired) electrons. The molecule has 0 aliphatic carbocycles. The van der Waals surface area contributed by atoms with Gasteiger partial charge >= 0.3 is 0 Å². The Morgan fingerprint density at radius 2 is 2.11 bits per heavy atom. The van der Waals surface area contributed by atoms with Crippen LogP contribution in [0.4, 0.5) is 5.82 Å². The molecular formula is C15H19N3O. The van der Waals surface area contributed by atoms with Crippen molar-refractivity contribution in [2.45, 2.75) is 26.7 Å². The van der Waals surface area contributed by atoms with Gasteiger partial charge in [-0.25, -0.2) is 0 Å². The first-order valence-corrected chi connectivity index (χ1v) is 6.40. The van der Waals surface area contributed by atoms with Gasteiger partial charge in [0.25, 0.3) is 0 Å². The monoisotopic (exact) mass is 257 g/mol. The highest BCUT2D eigenvalue weighted by atomic mass is 16.1. The van der Waals surface area contributed by atoms with Gasteiger partial charge < -0.3 is 5.32 Å². The van der Waals surface area contributed by atoms with Crippen LogP contribution in [-0.2, 0) is 18.3 Å². The van der Waals surface area contributed by atoms with E-state index < -0.39 is 0 Å². The second-order valence-corrected chi connectivity index (χ2v) is 4.85. The van der Waals surface area contributed by atoms with Gasteiger partial charge in [0.2, 0.25) is 5.91 Å². The Kier molecular flexibility index (Phi) is 4.00. The van der Waals surface area contributed by atoms with Crippen LogP contribution in [0.15, 0.2) is 30.5 Å². The molecule has 4 nitrogen and oxygen atoms in total. The summed E-state index contributed by atoms with van der Waals surface area (Å²) in [6, 6.07) is 8.11. The molecule has 0 atom stereocenters. The third-order valence-electron chi connectivity index (χ3n) is 3.10. The van der Waals surface area contributed by atoms with Gasteiger partial charge in [-0.15, -0.1) is 0 Å². The maximum Gasteiger partial charge on any atom is 0.225 e. The number of aryl methyl sites for hydroxylation is 4. The first kappa shape index (κ1) is 13.3. The molecule has 1 heterocycles. The molecule has 0 aliphatic heterocycles. The van der Waals surface area contributed by atoms with Crippen molar-refractivity contribution in [3.8, 4) is 0 Å². The number of amides is 1. The van der Waals surface area contributed by atoms with Crippen molar-refractivity contribution in [2.75, 3.05) is 5.32 Å². The molecule has 2 aromatic rings. The minimum Gasteiger partial charge on any atom is -0.309 e. The van der Waals surface area contributed by atoms with E-state index in [1.54, 1.807) is 16.9 Å². The fourth-order valence-corrected chi connectivity index (χ4v) is 2.06. The normalized spacial score (nSPS) is 10.5. The van der Waals surface area contributed by atoms with E-state index in [2.05, 4.69) is 42.5 Å². The molecule has 0 aliphatic rings. The van der Waals surface area contributed by atoms with Gasteiger partial charge in [0.15, 0.2) is 5.82 Å².